The van der Waals surface area contributed by atoms with E-state index in [4.69, 9.17) is 14.9 Å². The van der Waals surface area contributed by atoms with Gasteiger partial charge in [-0.15, -0.1) is 0 Å². The van der Waals surface area contributed by atoms with Crippen LogP contribution in [0.15, 0.2) is 24.3 Å². The van der Waals surface area contributed by atoms with E-state index in [2.05, 4.69) is 0 Å². The predicted molar refractivity (Wildman–Crippen MR) is 54.4 cm³/mol. The molecule has 1 aromatic carbocycles. The standard InChI is InChI=1S/C11H11NO3/c12-5-8-1-3-9(4-2-8)11(13)15-7-10-6-14-10/h1-5,10,12H,6-7H2. The third-order valence-electron chi connectivity index (χ3n) is 2.12. The number of benzene rings is 1. The zero-order valence-corrected chi connectivity index (χ0v) is 8.10. The smallest absolute Gasteiger partial charge is 0.338 e. The fraction of sp³-hybridized carbons (Fsp3) is 0.273. The molecule has 1 aromatic rings. The summed E-state index contributed by atoms with van der Waals surface area (Å²) in [5.41, 5.74) is 1.26. The maximum Gasteiger partial charge on any atom is 0.338 e. The van der Waals surface area contributed by atoms with E-state index in [0.29, 0.717) is 18.8 Å². The molecule has 2 rings (SSSR count). The Morgan fingerprint density at radius 3 is 2.73 bits per heavy atom. The molecule has 0 saturated carbocycles. The number of nitrogens with one attached hydrogen (secondary N) is 1. The molecule has 0 aromatic heterocycles. The first-order valence-electron chi connectivity index (χ1n) is 4.69. The Bertz CT molecular complexity index is 368. The van der Waals surface area contributed by atoms with Gasteiger partial charge in [0.15, 0.2) is 0 Å². The van der Waals surface area contributed by atoms with E-state index in [-0.39, 0.29) is 12.1 Å². The van der Waals surface area contributed by atoms with Gasteiger partial charge in [-0.05, 0) is 17.7 Å². The molecule has 78 valence electrons. The van der Waals surface area contributed by atoms with Crippen LogP contribution in [0.5, 0.6) is 0 Å². The monoisotopic (exact) mass is 205 g/mol. The van der Waals surface area contributed by atoms with Crippen LogP contribution in [0.1, 0.15) is 15.9 Å². The molecule has 0 amide bonds. The van der Waals surface area contributed by atoms with Gasteiger partial charge >= 0.3 is 5.97 Å². The van der Waals surface area contributed by atoms with Crippen molar-refractivity contribution in [2.24, 2.45) is 0 Å². The summed E-state index contributed by atoms with van der Waals surface area (Å²) in [5, 5.41) is 7.01. The average molecular weight is 205 g/mol. The Morgan fingerprint density at radius 2 is 2.20 bits per heavy atom. The van der Waals surface area contributed by atoms with Crippen LogP contribution >= 0.6 is 0 Å². The molecule has 0 aliphatic carbocycles. The molecular formula is C11H11NO3. The van der Waals surface area contributed by atoms with Crippen LogP contribution in [0.25, 0.3) is 0 Å². The van der Waals surface area contributed by atoms with Gasteiger partial charge in [-0.3, -0.25) is 0 Å². The van der Waals surface area contributed by atoms with Crippen molar-refractivity contribution in [2.45, 2.75) is 6.10 Å². The molecule has 4 nitrogen and oxygen atoms in total. The van der Waals surface area contributed by atoms with E-state index < -0.39 is 0 Å². The lowest BCUT2D eigenvalue weighted by Crippen LogP contribution is -2.09. The summed E-state index contributed by atoms with van der Waals surface area (Å²) in [6, 6.07) is 6.71. The van der Waals surface area contributed by atoms with E-state index in [1.54, 1.807) is 24.3 Å². The first-order valence-corrected chi connectivity index (χ1v) is 4.69. The van der Waals surface area contributed by atoms with Crippen molar-refractivity contribution in [1.82, 2.24) is 0 Å². The van der Waals surface area contributed by atoms with Crippen molar-refractivity contribution in [1.29, 1.82) is 5.41 Å². The van der Waals surface area contributed by atoms with Gasteiger partial charge in [0, 0.05) is 6.21 Å². The summed E-state index contributed by atoms with van der Waals surface area (Å²) in [6.45, 7) is 1.01. The number of hydrogen-bond donors (Lipinski definition) is 1. The van der Waals surface area contributed by atoms with Crippen molar-refractivity contribution in [3.63, 3.8) is 0 Å². The lowest BCUT2D eigenvalue weighted by molar-refractivity contribution is 0.0476. The summed E-state index contributed by atoms with van der Waals surface area (Å²) in [6.07, 6.45) is 1.32. The zero-order chi connectivity index (χ0) is 10.7. The van der Waals surface area contributed by atoms with Gasteiger partial charge in [0.1, 0.15) is 12.7 Å². The number of carbonyl (C=O) groups excluding carboxylic acids is 1. The molecule has 1 unspecified atom stereocenters. The Labute approximate surface area is 87.3 Å². The van der Waals surface area contributed by atoms with E-state index >= 15 is 0 Å². The van der Waals surface area contributed by atoms with Crippen molar-refractivity contribution < 1.29 is 14.3 Å². The topological polar surface area (TPSA) is 62.7 Å². The molecule has 0 radical (unpaired) electrons. The molecule has 1 saturated heterocycles. The Morgan fingerprint density at radius 1 is 1.53 bits per heavy atom. The Balaban J connectivity index is 1.94. The molecule has 1 N–H and O–H groups in total. The normalized spacial score (nSPS) is 18.3. The van der Waals surface area contributed by atoms with Crippen molar-refractivity contribution >= 4 is 12.2 Å². The summed E-state index contributed by atoms with van der Waals surface area (Å²) >= 11 is 0. The second-order valence-corrected chi connectivity index (χ2v) is 3.32. The summed E-state index contributed by atoms with van der Waals surface area (Å²) in [4.78, 5) is 11.4. The highest BCUT2D eigenvalue weighted by Gasteiger charge is 2.24. The summed E-state index contributed by atoms with van der Waals surface area (Å²) < 4.78 is 9.93. The van der Waals surface area contributed by atoms with Crippen molar-refractivity contribution in [3.05, 3.63) is 35.4 Å². The van der Waals surface area contributed by atoms with Crippen LogP contribution in [0, 0.1) is 5.41 Å². The Hall–Kier alpha value is -1.68. The molecule has 1 fully saturated rings. The molecule has 4 heteroatoms. The first-order chi connectivity index (χ1) is 7.29. The van der Waals surface area contributed by atoms with E-state index in [9.17, 15) is 4.79 Å². The number of carbonyl (C=O) groups is 1. The van der Waals surface area contributed by atoms with Crippen molar-refractivity contribution in [2.75, 3.05) is 13.2 Å². The van der Waals surface area contributed by atoms with Crippen LogP contribution in [-0.2, 0) is 9.47 Å². The molecule has 1 aliphatic rings. The highest BCUT2D eigenvalue weighted by Crippen LogP contribution is 2.10. The molecule has 1 atom stereocenters. The maximum absolute atomic E-state index is 11.4. The predicted octanol–water partition coefficient (Wildman–Crippen LogP) is 1.24. The van der Waals surface area contributed by atoms with Crippen LogP contribution in [-0.4, -0.2) is 31.5 Å². The van der Waals surface area contributed by atoms with Crippen LogP contribution < -0.4 is 0 Å². The largest absolute Gasteiger partial charge is 0.459 e. The van der Waals surface area contributed by atoms with Gasteiger partial charge in [0.05, 0.1) is 12.2 Å². The Kier molecular flexibility index (Phi) is 2.78. The average Bonchev–Trinajstić information content (AvgIpc) is 3.10. The third-order valence-corrected chi connectivity index (χ3v) is 2.12. The van der Waals surface area contributed by atoms with Crippen molar-refractivity contribution in [3.8, 4) is 0 Å². The highest BCUT2D eigenvalue weighted by molar-refractivity contribution is 5.90. The molecular weight excluding hydrogens is 194 g/mol. The van der Waals surface area contributed by atoms with Gasteiger partial charge in [-0.25, -0.2) is 4.79 Å². The number of rotatable bonds is 4. The summed E-state index contributed by atoms with van der Waals surface area (Å²) in [5.74, 6) is -0.345. The fourth-order valence-corrected chi connectivity index (χ4v) is 1.13. The lowest BCUT2D eigenvalue weighted by atomic mass is 10.1. The molecule has 15 heavy (non-hydrogen) atoms. The molecule has 0 spiro atoms. The van der Waals surface area contributed by atoms with Crippen LogP contribution in [0.3, 0.4) is 0 Å². The van der Waals surface area contributed by atoms with E-state index in [1.807, 2.05) is 0 Å². The molecule has 1 heterocycles. The van der Waals surface area contributed by atoms with E-state index in [1.165, 1.54) is 6.21 Å². The minimum Gasteiger partial charge on any atom is -0.459 e. The van der Waals surface area contributed by atoms with Gasteiger partial charge in [0.25, 0.3) is 0 Å². The fourth-order valence-electron chi connectivity index (χ4n) is 1.13. The number of ether oxygens (including phenoxy) is 2. The molecule has 0 bridgehead atoms. The maximum atomic E-state index is 11.4. The molecule has 1 aliphatic heterocycles. The first kappa shape index (κ1) is 9.86. The zero-order valence-electron chi connectivity index (χ0n) is 8.10. The minimum absolute atomic E-state index is 0.0924. The van der Waals surface area contributed by atoms with Gasteiger partial charge in [-0.1, -0.05) is 12.1 Å². The SMILES string of the molecule is N=Cc1ccc(C(=O)OCC2CO2)cc1. The lowest BCUT2D eigenvalue weighted by Gasteiger charge is -2.02. The summed E-state index contributed by atoms with van der Waals surface area (Å²) in [7, 11) is 0. The third kappa shape index (κ3) is 2.63. The minimum atomic E-state index is -0.345. The second-order valence-electron chi connectivity index (χ2n) is 3.32. The van der Waals surface area contributed by atoms with Gasteiger partial charge in [-0.2, -0.15) is 0 Å². The van der Waals surface area contributed by atoms with Gasteiger partial charge < -0.3 is 14.9 Å². The highest BCUT2D eigenvalue weighted by atomic mass is 16.6. The van der Waals surface area contributed by atoms with Crippen LogP contribution in [0.2, 0.25) is 0 Å². The number of epoxide rings is 1. The van der Waals surface area contributed by atoms with E-state index in [0.717, 1.165) is 5.56 Å². The van der Waals surface area contributed by atoms with Crippen LogP contribution in [0.4, 0.5) is 0 Å². The second kappa shape index (κ2) is 4.23. The quantitative estimate of drug-likeness (QED) is 0.457. The number of hydrogen-bond acceptors (Lipinski definition) is 4. The van der Waals surface area contributed by atoms with Gasteiger partial charge in [0.2, 0.25) is 0 Å². The number of esters is 1.